The van der Waals surface area contributed by atoms with Crippen LogP contribution in [0.5, 0.6) is 0 Å². The normalized spacial score (nSPS) is 15.2. The van der Waals surface area contributed by atoms with Gasteiger partial charge < -0.3 is 32.5 Å². The molecule has 0 aliphatic heterocycles. The average Bonchev–Trinajstić information content (AvgIpc) is 2.80. The zero-order valence-corrected chi connectivity index (χ0v) is 20.1. The van der Waals surface area contributed by atoms with E-state index in [1.165, 1.54) is 0 Å². The van der Waals surface area contributed by atoms with Gasteiger partial charge in [-0.2, -0.15) is 12.6 Å². The molecule has 5 atom stereocenters. The quantitative estimate of drug-likeness (QED) is 0.160. The van der Waals surface area contributed by atoms with Gasteiger partial charge >= 0.3 is 5.97 Å². The number of carbonyl (C=O) groups is 5. The van der Waals surface area contributed by atoms with Gasteiger partial charge in [0.05, 0.1) is 12.5 Å². The lowest BCUT2D eigenvalue weighted by Crippen LogP contribution is -2.58. The zero-order valence-electron chi connectivity index (χ0n) is 19.2. The summed E-state index contributed by atoms with van der Waals surface area (Å²) < 4.78 is 0. The van der Waals surface area contributed by atoms with E-state index in [1.807, 2.05) is 13.8 Å². The van der Waals surface area contributed by atoms with Crippen LogP contribution in [0.4, 0.5) is 0 Å². The number of carboxylic acid groups (broad SMARTS) is 1. The van der Waals surface area contributed by atoms with Crippen molar-refractivity contribution >= 4 is 42.2 Å². The van der Waals surface area contributed by atoms with Crippen molar-refractivity contribution in [2.45, 2.75) is 57.3 Å². The van der Waals surface area contributed by atoms with Crippen LogP contribution in [-0.4, -0.2) is 64.6 Å². The Hall–Kier alpha value is -3.12. The lowest BCUT2D eigenvalue weighted by molar-refractivity contribution is -0.141. The Kier molecular flexibility index (Phi) is 12.1. The first-order valence-corrected chi connectivity index (χ1v) is 11.5. The van der Waals surface area contributed by atoms with E-state index >= 15 is 0 Å². The van der Waals surface area contributed by atoms with Crippen LogP contribution in [0.3, 0.4) is 0 Å². The number of aliphatic carboxylic acids is 1. The Bertz CT molecular complexity index is 869. The molecule has 0 spiro atoms. The van der Waals surface area contributed by atoms with Gasteiger partial charge in [0.15, 0.2) is 0 Å². The van der Waals surface area contributed by atoms with Crippen molar-refractivity contribution in [2.75, 3.05) is 5.75 Å². The van der Waals surface area contributed by atoms with Crippen molar-refractivity contribution in [1.29, 1.82) is 0 Å². The summed E-state index contributed by atoms with van der Waals surface area (Å²) >= 11 is 3.87. The smallest absolute Gasteiger partial charge is 0.327 e. The molecule has 0 radical (unpaired) electrons. The molecule has 1 aromatic rings. The van der Waals surface area contributed by atoms with Crippen LogP contribution in [-0.2, 0) is 30.4 Å². The monoisotopic (exact) mass is 495 g/mol. The van der Waals surface area contributed by atoms with Gasteiger partial charge in [0.2, 0.25) is 23.6 Å². The lowest BCUT2D eigenvalue weighted by atomic mass is 9.98. The van der Waals surface area contributed by atoms with Crippen molar-refractivity contribution in [1.82, 2.24) is 16.0 Å². The van der Waals surface area contributed by atoms with Crippen molar-refractivity contribution in [3.8, 4) is 0 Å². The number of nitrogens with one attached hydrogen (secondary N) is 3. The fourth-order valence-corrected chi connectivity index (χ4v) is 3.23. The fraction of sp³-hybridized carbons (Fsp3) is 0.500. The Morgan fingerprint density at radius 1 is 0.941 bits per heavy atom. The predicted octanol–water partition coefficient (Wildman–Crippen LogP) is -1.05. The molecule has 8 N–H and O–H groups in total. The zero-order chi connectivity index (χ0) is 25.8. The molecule has 0 aromatic heterocycles. The van der Waals surface area contributed by atoms with Gasteiger partial charge in [-0.1, -0.05) is 50.6 Å². The van der Waals surface area contributed by atoms with Gasteiger partial charge in [0.1, 0.15) is 18.1 Å². The number of nitrogens with two attached hydrogens (primary N) is 2. The molecule has 34 heavy (non-hydrogen) atoms. The fourth-order valence-electron chi connectivity index (χ4n) is 2.98. The summed E-state index contributed by atoms with van der Waals surface area (Å²) in [6, 6.07) is 4.09. The molecule has 0 heterocycles. The van der Waals surface area contributed by atoms with Crippen LogP contribution in [0, 0.1) is 5.92 Å². The molecule has 0 saturated carbocycles. The maximum absolute atomic E-state index is 13.1. The maximum Gasteiger partial charge on any atom is 0.327 e. The van der Waals surface area contributed by atoms with Gasteiger partial charge in [-0.3, -0.25) is 19.2 Å². The number of carbonyl (C=O) groups excluding carboxylic acids is 4. The third-order valence-electron chi connectivity index (χ3n) is 5.31. The third kappa shape index (κ3) is 9.40. The molecule has 0 fully saturated rings. The van der Waals surface area contributed by atoms with Gasteiger partial charge in [0, 0.05) is 12.2 Å². The summed E-state index contributed by atoms with van der Waals surface area (Å²) in [5.41, 5.74) is 11.9. The summed E-state index contributed by atoms with van der Waals surface area (Å²) in [5, 5.41) is 16.4. The Morgan fingerprint density at radius 3 is 1.97 bits per heavy atom. The molecular formula is C22H33N5O6S. The van der Waals surface area contributed by atoms with Gasteiger partial charge in [0.25, 0.3) is 0 Å². The van der Waals surface area contributed by atoms with E-state index in [4.69, 9.17) is 16.6 Å². The number of primary amides is 1. The third-order valence-corrected chi connectivity index (χ3v) is 5.68. The Morgan fingerprint density at radius 2 is 1.47 bits per heavy atom. The second-order valence-corrected chi connectivity index (χ2v) is 8.34. The molecule has 12 heteroatoms. The van der Waals surface area contributed by atoms with Gasteiger partial charge in [-0.25, -0.2) is 4.79 Å². The highest BCUT2D eigenvalue weighted by Crippen LogP contribution is 2.08. The van der Waals surface area contributed by atoms with Gasteiger partial charge in [-0.15, -0.1) is 0 Å². The van der Waals surface area contributed by atoms with Crippen LogP contribution < -0.4 is 27.4 Å². The number of amides is 4. The standard InChI is InChI=1S/C22H33N5O6S/c1-3-12(2)18(24)21(31)26-14(9-13-7-5-4-6-8-13)19(29)25-15(10-17(23)28)20(30)27-16(11-34)22(32)33/h4-8,12,14-16,18,34H,3,9-11,24H2,1-2H3,(H2,23,28)(H,25,29)(H,26,31)(H,27,30)(H,32,33). The van der Waals surface area contributed by atoms with E-state index in [0.29, 0.717) is 6.42 Å². The minimum absolute atomic E-state index is 0.0882. The van der Waals surface area contributed by atoms with E-state index in [-0.39, 0.29) is 18.1 Å². The van der Waals surface area contributed by atoms with E-state index < -0.39 is 60.2 Å². The molecule has 0 aliphatic rings. The number of thiol groups is 1. The molecule has 1 rings (SSSR count). The van der Waals surface area contributed by atoms with E-state index in [1.54, 1.807) is 30.3 Å². The largest absolute Gasteiger partial charge is 0.480 e. The van der Waals surface area contributed by atoms with Crippen LogP contribution in [0.1, 0.15) is 32.3 Å². The maximum atomic E-state index is 13.1. The van der Waals surface area contributed by atoms with Crippen LogP contribution >= 0.6 is 12.6 Å². The minimum atomic E-state index is -1.45. The van der Waals surface area contributed by atoms with E-state index in [0.717, 1.165) is 5.56 Å². The van der Waals surface area contributed by atoms with Crippen LogP contribution in [0.25, 0.3) is 0 Å². The molecule has 188 valence electrons. The average molecular weight is 496 g/mol. The number of rotatable bonds is 14. The topological polar surface area (TPSA) is 194 Å². The second kappa shape index (κ2) is 14.2. The van der Waals surface area contributed by atoms with E-state index in [9.17, 15) is 24.0 Å². The number of hydrogen-bond donors (Lipinski definition) is 7. The molecule has 0 aliphatic carbocycles. The SMILES string of the molecule is CCC(C)C(N)C(=O)NC(Cc1ccccc1)C(=O)NC(CC(N)=O)C(=O)NC(CS)C(=O)O. The molecular weight excluding hydrogens is 462 g/mol. The minimum Gasteiger partial charge on any atom is -0.480 e. The van der Waals surface area contributed by atoms with Crippen molar-refractivity contribution in [2.24, 2.45) is 17.4 Å². The van der Waals surface area contributed by atoms with Crippen molar-refractivity contribution < 1.29 is 29.1 Å². The molecule has 4 amide bonds. The first kappa shape index (κ1) is 28.9. The predicted molar refractivity (Wildman–Crippen MR) is 129 cm³/mol. The van der Waals surface area contributed by atoms with Crippen LogP contribution in [0.2, 0.25) is 0 Å². The summed E-state index contributed by atoms with van der Waals surface area (Å²) in [5.74, 6) is -4.78. The van der Waals surface area contributed by atoms with E-state index in [2.05, 4.69) is 28.6 Å². The number of benzene rings is 1. The Balaban J connectivity index is 3.10. The van der Waals surface area contributed by atoms with Gasteiger partial charge in [-0.05, 0) is 11.5 Å². The highest BCUT2D eigenvalue weighted by atomic mass is 32.1. The molecule has 5 unspecified atom stereocenters. The van der Waals surface area contributed by atoms with Crippen LogP contribution in [0.15, 0.2) is 30.3 Å². The number of carboxylic acids is 1. The highest BCUT2D eigenvalue weighted by Gasteiger charge is 2.31. The molecule has 1 aromatic carbocycles. The highest BCUT2D eigenvalue weighted by molar-refractivity contribution is 7.80. The lowest BCUT2D eigenvalue weighted by Gasteiger charge is -2.25. The van der Waals surface area contributed by atoms with Crippen molar-refractivity contribution in [3.05, 3.63) is 35.9 Å². The molecule has 11 nitrogen and oxygen atoms in total. The molecule has 0 bridgehead atoms. The summed E-state index contributed by atoms with van der Waals surface area (Å²) in [6.45, 7) is 3.69. The first-order chi connectivity index (χ1) is 16.0. The van der Waals surface area contributed by atoms with Crippen molar-refractivity contribution in [3.63, 3.8) is 0 Å². The number of hydrogen-bond acceptors (Lipinski definition) is 7. The summed E-state index contributed by atoms with van der Waals surface area (Å²) in [4.78, 5) is 61.1. The second-order valence-electron chi connectivity index (χ2n) is 7.98. The summed E-state index contributed by atoms with van der Waals surface area (Å²) in [6.07, 6.45) is 0.167. The first-order valence-electron chi connectivity index (χ1n) is 10.8. The summed E-state index contributed by atoms with van der Waals surface area (Å²) in [7, 11) is 0. The Labute approximate surface area is 203 Å². The molecule has 0 saturated heterocycles.